The van der Waals surface area contributed by atoms with Gasteiger partial charge in [0.05, 0.1) is 17.6 Å². The van der Waals surface area contributed by atoms with E-state index in [0.29, 0.717) is 12.2 Å². The largest absolute Gasteiger partial charge is 0.347 e. The number of hydrogen-bond acceptors (Lipinski definition) is 3. The molecule has 0 atom stereocenters. The van der Waals surface area contributed by atoms with Gasteiger partial charge >= 0.3 is 5.69 Å². The lowest BCUT2D eigenvalue weighted by atomic mass is 10.3. The second-order valence-electron chi connectivity index (χ2n) is 6.52. The standard InChI is InChI=1S/C21H24N4O3/c1-2-13-24-17-10-6-7-11-18(17)25(21(24)28)14-12-19(26)22-15-20(27)23-16-8-4-3-5-9-16/h3-11H,2,12-15H2,1H3,(H,22,26)(H,23,27). The van der Waals surface area contributed by atoms with Gasteiger partial charge < -0.3 is 10.6 Å². The van der Waals surface area contributed by atoms with E-state index in [-0.39, 0.29) is 37.0 Å². The zero-order valence-corrected chi connectivity index (χ0v) is 15.9. The number of nitrogens with one attached hydrogen (secondary N) is 2. The number of benzene rings is 2. The van der Waals surface area contributed by atoms with Crippen molar-refractivity contribution in [3.05, 3.63) is 65.1 Å². The number of nitrogens with zero attached hydrogens (tertiary/aromatic N) is 2. The Morgan fingerprint density at radius 3 is 2.11 bits per heavy atom. The van der Waals surface area contributed by atoms with Crippen LogP contribution in [0.2, 0.25) is 0 Å². The fourth-order valence-electron chi connectivity index (χ4n) is 3.14. The molecule has 0 radical (unpaired) electrons. The van der Waals surface area contributed by atoms with Crippen molar-refractivity contribution in [1.29, 1.82) is 0 Å². The fourth-order valence-corrected chi connectivity index (χ4v) is 3.14. The summed E-state index contributed by atoms with van der Waals surface area (Å²) in [6.45, 7) is 2.81. The van der Waals surface area contributed by atoms with Crippen LogP contribution in [0.1, 0.15) is 19.8 Å². The van der Waals surface area contributed by atoms with Crippen molar-refractivity contribution in [3.63, 3.8) is 0 Å². The number of anilines is 1. The summed E-state index contributed by atoms with van der Waals surface area (Å²) in [5.74, 6) is -0.571. The van der Waals surface area contributed by atoms with Gasteiger partial charge in [0, 0.05) is 25.2 Å². The van der Waals surface area contributed by atoms with Gasteiger partial charge in [-0.25, -0.2) is 4.79 Å². The lowest BCUT2D eigenvalue weighted by Gasteiger charge is -2.07. The molecule has 0 unspecified atom stereocenters. The third-order valence-corrected chi connectivity index (χ3v) is 4.44. The van der Waals surface area contributed by atoms with Gasteiger partial charge in [0.15, 0.2) is 0 Å². The number of imidazole rings is 1. The minimum atomic E-state index is -0.295. The molecule has 2 aromatic carbocycles. The molecule has 1 heterocycles. The number of hydrogen-bond donors (Lipinski definition) is 2. The van der Waals surface area contributed by atoms with Crippen LogP contribution in [-0.2, 0) is 22.7 Å². The highest BCUT2D eigenvalue weighted by Crippen LogP contribution is 2.13. The molecule has 0 aliphatic rings. The molecule has 0 aliphatic carbocycles. The van der Waals surface area contributed by atoms with Crippen molar-refractivity contribution in [2.75, 3.05) is 11.9 Å². The molecule has 3 aromatic rings. The summed E-state index contributed by atoms with van der Waals surface area (Å²) >= 11 is 0. The van der Waals surface area contributed by atoms with Gasteiger partial charge in [-0.2, -0.15) is 0 Å². The maximum atomic E-state index is 12.7. The second kappa shape index (κ2) is 9.03. The predicted octanol–water partition coefficient (Wildman–Crippen LogP) is 2.36. The molecule has 0 bridgehead atoms. The van der Waals surface area contributed by atoms with Crippen molar-refractivity contribution in [2.45, 2.75) is 32.9 Å². The molecule has 0 aliphatic heterocycles. The Labute approximate surface area is 163 Å². The van der Waals surface area contributed by atoms with Crippen molar-refractivity contribution < 1.29 is 9.59 Å². The van der Waals surface area contributed by atoms with Crippen LogP contribution >= 0.6 is 0 Å². The molecular weight excluding hydrogens is 356 g/mol. The van der Waals surface area contributed by atoms with E-state index in [0.717, 1.165) is 17.5 Å². The highest BCUT2D eigenvalue weighted by Gasteiger charge is 2.13. The molecule has 2 N–H and O–H groups in total. The van der Waals surface area contributed by atoms with Gasteiger partial charge in [0.25, 0.3) is 0 Å². The Balaban J connectivity index is 1.58. The number of fused-ring (bicyclic) bond motifs is 1. The van der Waals surface area contributed by atoms with Crippen LogP contribution in [0.3, 0.4) is 0 Å². The van der Waals surface area contributed by atoms with E-state index in [9.17, 15) is 14.4 Å². The van der Waals surface area contributed by atoms with Crippen molar-refractivity contribution >= 4 is 28.5 Å². The Morgan fingerprint density at radius 2 is 1.46 bits per heavy atom. The highest BCUT2D eigenvalue weighted by molar-refractivity contribution is 5.94. The summed E-state index contributed by atoms with van der Waals surface area (Å²) in [5, 5.41) is 5.31. The molecule has 0 saturated carbocycles. The first kappa shape index (κ1) is 19.4. The molecule has 146 valence electrons. The smallest absolute Gasteiger partial charge is 0.329 e. The van der Waals surface area contributed by atoms with Gasteiger partial charge in [-0.15, -0.1) is 0 Å². The van der Waals surface area contributed by atoms with Crippen LogP contribution in [0.5, 0.6) is 0 Å². The third-order valence-electron chi connectivity index (χ3n) is 4.44. The first-order chi connectivity index (χ1) is 13.6. The maximum absolute atomic E-state index is 12.7. The number of aromatic nitrogens is 2. The Morgan fingerprint density at radius 1 is 0.857 bits per heavy atom. The topological polar surface area (TPSA) is 85.1 Å². The summed E-state index contributed by atoms with van der Waals surface area (Å²) in [6, 6.07) is 16.6. The van der Waals surface area contributed by atoms with Crippen LogP contribution in [0.15, 0.2) is 59.4 Å². The van der Waals surface area contributed by atoms with Gasteiger partial charge in [-0.1, -0.05) is 37.3 Å². The molecule has 3 rings (SSSR count). The van der Waals surface area contributed by atoms with Crippen molar-refractivity contribution in [3.8, 4) is 0 Å². The summed E-state index contributed by atoms with van der Waals surface area (Å²) in [6.07, 6.45) is 0.976. The first-order valence-corrected chi connectivity index (χ1v) is 9.40. The van der Waals surface area contributed by atoms with Crippen molar-refractivity contribution in [2.24, 2.45) is 0 Å². The molecular formula is C21H24N4O3. The van der Waals surface area contributed by atoms with Gasteiger partial charge in [-0.05, 0) is 30.7 Å². The molecule has 28 heavy (non-hydrogen) atoms. The van der Waals surface area contributed by atoms with E-state index in [1.54, 1.807) is 21.3 Å². The lowest BCUT2D eigenvalue weighted by molar-refractivity contribution is -0.124. The molecule has 0 saturated heterocycles. The number of carbonyl (C=O) groups is 2. The second-order valence-corrected chi connectivity index (χ2v) is 6.52. The Bertz CT molecular complexity index is 1020. The highest BCUT2D eigenvalue weighted by atomic mass is 16.2. The van der Waals surface area contributed by atoms with Crippen LogP contribution in [0.4, 0.5) is 5.69 Å². The van der Waals surface area contributed by atoms with Gasteiger partial charge in [-0.3, -0.25) is 18.7 Å². The van der Waals surface area contributed by atoms with Crippen LogP contribution < -0.4 is 16.3 Å². The third kappa shape index (κ3) is 4.49. The quantitative estimate of drug-likeness (QED) is 0.629. The first-order valence-electron chi connectivity index (χ1n) is 9.40. The average molecular weight is 380 g/mol. The Hall–Kier alpha value is -3.35. The van der Waals surface area contributed by atoms with Crippen LogP contribution in [0.25, 0.3) is 11.0 Å². The average Bonchev–Trinajstić information content (AvgIpc) is 2.97. The summed E-state index contributed by atoms with van der Waals surface area (Å²) in [5.41, 5.74) is 2.25. The number of para-hydroxylation sites is 3. The summed E-state index contributed by atoms with van der Waals surface area (Å²) in [4.78, 5) is 36.7. The van der Waals surface area contributed by atoms with Gasteiger partial charge in [0.2, 0.25) is 11.8 Å². The zero-order chi connectivity index (χ0) is 19.9. The summed E-state index contributed by atoms with van der Waals surface area (Å²) in [7, 11) is 0. The van der Waals surface area contributed by atoms with E-state index >= 15 is 0 Å². The maximum Gasteiger partial charge on any atom is 0.329 e. The van der Waals surface area contributed by atoms with E-state index < -0.39 is 0 Å². The molecule has 1 aromatic heterocycles. The van der Waals surface area contributed by atoms with E-state index in [1.807, 2.05) is 49.4 Å². The van der Waals surface area contributed by atoms with Crippen LogP contribution in [-0.4, -0.2) is 27.5 Å². The van der Waals surface area contributed by atoms with Crippen LogP contribution in [0, 0.1) is 0 Å². The lowest BCUT2D eigenvalue weighted by Crippen LogP contribution is -2.34. The van der Waals surface area contributed by atoms with Gasteiger partial charge in [0.1, 0.15) is 0 Å². The SMILES string of the molecule is CCCn1c(=O)n(CCC(=O)NCC(=O)Nc2ccccc2)c2ccccc21. The monoisotopic (exact) mass is 380 g/mol. The molecule has 7 nitrogen and oxygen atoms in total. The number of carbonyl (C=O) groups excluding carboxylic acids is 2. The van der Waals surface area contributed by atoms with Crippen molar-refractivity contribution in [1.82, 2.24) is 14.5 Å². The Kier molecular flexibility index (Phi) is 6.26. The minimum absolute atomic E-state index is 0.111. The van der Waals surface area contributed by atoms with E-state index in [1.165, 1.54) is 0 Å². The molecule has 7 heteroatoms. The number of amides is 2. The molecule has 0 fully saturated rings. The number of rotatable bonds is 8. The predicted molar refractivity (Wildman–Crippen MR) is 109 cm³/mol. The van der Waals surface area contributed by atoms with E-state index in [4.69, 9.17) is 0 Å². The summed E-state index contributed by atoms with van der Waals surface area (Å²) < 4.78 is 3.36. The normalized spacial score (nSPS) is 10.8. The molecule has 2 amide bonds. The number of aryl methyl sites for hydroxylation is 2. The molecule has 0 spiro atoms. The minimum Gasteiger partial charge on any atom is -0.347 e. The fraction of sp³-hybridized carbons (Fsp3) is 0.286. The van der Waals surface area contributed by atoms with E-state index in [2.05, 4.69) is 10.6 Å². The zero-order valence-electron chi connectivity index (χ0n) is 15.9.